The van der Waals surface area contributed by atoms with Crippen LogP contribution in [-0.2, 0) is 14.4 Å². The molecule has 0 saturated carbocycles. The third kappa shape index (κ3) is 9.72. The lowest BCUT2D eigenvalue weighted by Gasteiger charge is -2.18. The summed E-state index contributed by atoms with van der Waals surface area (Å²) < 4.78 is 0. The number of benzene rings is 2. The second-order valence-electron chi connectivity index (χ2n) is 7.77. The van der Waals surface area contributed by atoms with Crippen molar-refractivity contribution in [3.8, 4) is 11.1 Å². The van der Waals surface area contributed by atoms with Gasteiger partial charge in [0.15, 0.2) is 0 Å². The van der Waals surface area contributed by atoms with Crippen molar-refractivity contribution in [1.82, 2.24) is 21.3 Å². The molecule has 2 aromatic carbocycles. The minimum absolute atomic E-state index is 0.0218. The fourth-order valence-electron chi connectivity index (χ4n) is 3.21. The maximum absolute atomic E-state index is 12.3. The highest BCUT2D eigenvalue weighted by Crippen LogP contribution is 2.23. The molecule has 4 amide bonds. The van der Waals surface area contributed by atoms with Gasteiger partial charge in [0.1, 0.15) is 0 Å². The Morgan fingerprint density at radius 1 is 0.824 bits per heavy atom. The average Bonchev–Trinajstić information content (AvgIpc) is 2.83. The quantitative estimate of drug-likeness (QED) is 0.288. The molecule has 1 atom stereocenters. The smallest absolute Gasteiger partial charge is 0.314 e. The van der Waals surface area contributed by atoms with Crippen LogP contribution in [0.25, 0.3) is 11.1 Å². The maximum atomic E-state index is 12.3. The molecule has 0 aliphatic rings. The van der Waals surface area contributed by atoms with E-state index >= 15 is 0 Å². The first-order chi connectivity index (χ1) is 16.4. The molecule has 9 heteroatoms. The average molecular weight is 469 g/mol. The second kappa shape index (κ2) is 14.3. The minimum atomic E-state index is -1.05. The molecule has 2 aromatic rings. The molecule has 182 valence electrons. The lowest BCUT2D eigenvalue weighted by Crippen LogP contribution is -2.41. The molecular formula is C25H32N4O5. The lowest BCUT2D eigenvalue weighted by atomic mass is 9.99. The number of nitrogens with one attached hydrogen (secondary N) is 4. The standard InChI is InChI=1S/C25H32N4O5/c1-2-3-14-26-25(34)27-15-13-22(30)28-17-23(31)29-21(16-24(32)33)20-11-9-19(10-12-20)18-7-5-4-6-8-18/h4-12,21H,2-3,13-17H2,1H3,(H,28,30)(H,29,31)(H,32,33)(H2,26,27,34). The molecule has 0 radical (unpaired) electrons. The molecule has 34 heavy (non-hydrogen) atoms. The first kappa shape index (κ1) is 26.4. The van der Waals surface area contributed by atoms with Crippen LogP contribution in [0, 0.1) is 0 Å². The molecule has 0 aliphatic heterocycles. The van der Waals surface area contributed by atoms with Crippen molar-refractivity contribution in [3.05, 3.63) is 60.2 Å². The van der Waals surface area contributed by atoms with Gasteiger partial charge in [0.05, 0.1) is 19.0 Å². The van der Waals surface area contributed by atoms with Gasteiger partial charge in [-0.1, -0.05) is 67.9 Å². The van der Waals surface area contributed by atoms with Gasteiger partial charge in [-0.15, -0.1) is 0 Å². The molecule has 0 fully saturated rings. The molecule has 0 aliphatic carbocycles. The van der Waals surface area contributed by atoms with Gasteiger partial charge in [-0.3, -0.25) is 14.4 Å². The minimum Gasteiger partial charge on any atom is -0.481 e. The molecule has 1 unspecified atom stereocenters. The lowest BCUT2D eigenvalue weighted by molar-refractivity contribution is -0.138. The zero-order valence-corrected chi connectivity index (χ0v) is 19.3. The molecule has 0 heterocycles. The number of carbonyl (C=O) groups excluding carboxylic acids is 3. The van der Waals surface area contributed by atoms with Gasteiger partial charge in [0, 0.05) is 19.5 Å². The molecule has 0 spiro atoms. The summed E-state index contributed by atoms with van der Waals surface area (Å²) in [6.07, 6.45) is 1.58. The summed E-state index contributed by atoms with van der Waals surface area (Å²) in [4.78, 5) is 47.1. The Kier molecular flexibility index (Phi) is 11.1. The number of amides is 4. The van der Waals surface area contributed by atoms with Crippen molar-refractivity contribution >= 4 is 23.8 Å². The van der Waals surface area contributed by atoms with E-state index in [1.807, 2.05) is 49.4 Å². The van der Waals surface area contributed by atoms with Crippen LogP contribution in [0.5, 0.6) is 0 Å². The third-order valence-electron chi connectivity index (χ3n) is 5.03. The summed E-state index contributed by atoms with van der Waals surface area (Å²) >= 11 is 0. The molecular weight excluding hydrogens is 436 g/mol. The molecule has 9 nitrogen and oxygen atoms in total. The topological polar surface area (TPSA) is 137 Å². The van der Waals surface area contributed by atoms with Crippen LogP contribution in [0.15, 0.2) is 54.6 Å². The Bertz CT molecular complexity index is 948. The van der Waals surface area contributed by atoms with Crippen LogP contribution in [0.2, 0.25) is 0 Å². The van der Waals surface area contributed by atoms with Crippen molar-refractivity contribution in [3.63, 3.8) is 0 Å². The highest BCUT2D eigenvalue weighted by molar-refractivity contribution is 5.85. The molecule has 0 saturated heterocycles. The monoisotopic (exact) mass is 468 g/mol. The maximum Gasteiger partial charge on any atom is 0.314 e. The fraction of sp³-hybridized carbons (Fsp3) is 0.360. The van der Waals surface area contributed by atoms with E-state index in [0.29, 0.717) is 12.1 Å². The van der Waals surface area contributed by atoms with E-state index in [0.717, 1.165) is 24.0 Å². The zero-order valence-electron chi connectivity index (χ0n) is 19.3. The number of carbonyl (C=O) groups is 4. The highest BCUT2D eigenvalue weighted by atomic mass is 16.4. The van der Waals surface area contributed by atoms with E-state index in [1.165, 1.54) is 0 Å². The predicted molar refractivity (Wildman–Crippen MR) is 129 cm³/mol. The number of carboxylic acids is 1. The Morgan fingerprint density at radius 2 is 1.47 bits per heavy atom. The summed E-state index contributed by atoms with van der Waals surface area (Å²) in [7, 11) is 0. The number of hydrogen-bond donors (Lipinski definition) is 5. The van der Waals surface area contributed by atoms with Crippen molar-refractivity contribution in [1.29, 1.82) is 0 Å². The van der Waals surface area contributed by atoms with Gasteiger partial charge in [-0.2, -0.15) is 0 Å². The van der Waals surface area contributed by atoms with E-state index in [9.17, 15) is 24.3 Å². The first-order valence-electron chi connectivity index (χ1n) is 11.3. The van der Waals surface area contributed by atoms with E-state index in [-0.39, 0.29) is 32.0 Å². The molecule has 0 bridgehead atoms. The Labute approximate surface area is 199 Å². The summed E-state index contributed by atoms with van der Waals surface area (Å²) in [6.45, 7) is 2.44. The second-order valence-corrected chi connectivity index (χ2v) is 7.77. The van der Waals surface area contributed by atoms with Crippen LogP contribution in [0.1, 0.15) is 44.2 Å². The molecule has 5 N–H and O–H groups in total. The van der Waals surface area contributed by atoms with E-state index < -0.39 is 23.8 Å². The van der Waals surface area contributed by atoms with Crippen molar-refractivity contribution in [2.75, 3.05) is 19.6 Å². The Morgan fingerprint density at radius 3 is 2.12 bits per heavy atom. The third-order valence-corrected chi connectivity index (χ3v) is 5.03. The van der Waals surface area contributed by atoms with Crippen molar-refractivity contribution in [2.45, 2.75) is 38.6 Å². The largest absolute Gasteiger partial charge is 0.481 e. The summed E-state index contributed by atoms with van der Waals surface area (Å²) in [6, 6.07) is 16.0. The van der Waals surface area contributed by atoms with E-state index in [4.69, 9.17) is 0 Å². The Hall–Kier alpha value is -3.88. The van der Waals surface area contributed by atoms with Crippen LogP contribution in [0.4, 0.5) is 4.79 Å². The zero-order chi connectivity index (χ0) is 24.8. The van der Waals surface area contributed by atoms with Crippen LogP contribution < -0.4 is 21.3 Å². The van der Waals surface area contributed by atoms with Crippen LogP contribution in [-0.4, -0.2) is 48.6 Å². The van der Waals surface area contributed by atoms with Crippen LogP contribution in [0.3, 0.4) is 0 Å². The predicted octanol–water partition coefficient (Wildman–Crippen LogP) is 2.59. The first-order valence-corrected chi connectivity index (χ1v) is 11.3. The number of unbranched alkanes of at least 4 members (excludes halogenated alkanes) is 1. The highest BCUT2D eigenvalue weighted by Gasteiger charge is 2.18. The number of hydrogen-bond acceptors (Lipinski definition) is 4. The van der Waals surface area contributed by atoms with Crippen molar-refractivity contribution in [2.24, 2.45) is 0 Å². The SMILES string of the molecule is CCCCNC(=O)NCCC(=O)NCC(=O)NC(CC(=O)O)c1ccc(-c2ccccc2)cc1. The summed E-state index contributed by atoms with van der Waals surface area (Å²) in [5.74, 6) is -1.95. The van der Waals surface area contributed by atoms with E-state index in [2.05, 4.69) is 21.3 Å². The van der Waals surface area contributed by atoms with E-state index in [1.54, 1.807) is 12.1 Å². The van der Waals surface area contributed by atoms with Gasteiger partial charge in [-0.25, -0.2) is 4.79 Å². The van der Waals surface area contributed by atoms with Crippen LogP contribution >= 0.6 is 0 Å². The van der Waals surface area contributed by atoms with Crippen molar-refractivity contribution < 1.29 is 24.3 Å². The number of rotatable bonds is 13. The Balaban J connectivity index is 1.82. The molecule has 0 aromatic heterocycles. The molecule has 2 rings (SSSR count). The number of urea groups is 1. The summed E-state index contributed by atoms with van der Waals surface area (Å²) in [5.41, 5.74) is 2.66. The van der Waals surface area contributed by atoms with Gasteiger partial charge < -0.3 is 26.4 Å². The number of carboxylic acid groups (broad SMARTS) is 1. The van der Waals surface area contributed by atoms with Gasteiger partial charge in [-0.05, 0) is 23.1 Å². The van der Waals surface area contributed by atoms with Gasteiger partial charge in [0.25, 0.3) is 0 Å². The number of aliphatic carboxylic acids is 1. The normalized spacial score (nSPS) is 11.2. The summed E-state index contributed by atoms with van der Waals surface area (Å²) in [5, 5.41) is 19.7. The fourth-order valence-corrected chi connectivity index (χ4v) is 3.21. The van der Waals surface area contributed by atoms with Gasteiger partial charge >= 0.3 is 12.0 Å². The van der Waals surface area contributed by atoms with Gasteiger partial charge in [0.2, 0.25) is 11.8 Å².